The molecule has 5 nitrogen and oxygen atoms in total. The summed E-state index contributed by atoms with van der Waals surface area (Å²) in [5, 5.41) is 16.7. The van der Waals surface area contributed by atoms with Gasteiger partial charge in [-0.3, -0.25) is 4.79 Å². The highest BCUT2D eigenvalue weighted by molar-refractivity contribution is 5.94. The summed E-state index contributed by atoms with van der Waals surface area (Å²) in [5.74, 6) is 0.773. The molecule has 1 saturated carbocycles. The van der Waals surface area contributed by atoms with Gasteiger partial charge in [0.25, 0.3) is 5.91 Å². The summed E-state index contributed by atoms with van der Waals surface area (Å²) in [6.45, 7) is 4.12. The fraction of sp³-hybridized carbons (Fsp3) is 0.692. The van der Waals surface area contributed by atoms with Crippen molar-refractivity contribution in [3.63, 3.8) is 0 Å². The molecule has 2 unspecified atom stereocenters. The number of amides is 1. The van der Waals surface area contributed by atoms with Gasteiger partial charge in [0.1, 0.15) is 11.3 Å². The fourth-order valence-corrected chi connectivity index (χ4v) is 2.65. The van der Waals surface area contributed by atoms with E-state index >= 15 is 0 Å². The molecule has 1 fully saturated rings. The van der Waals surface area contributed by atoms with E-state index in [-0.39, 0.29) is 5.91 Å². The average Bonchev–Trinajstić information content (AvgIpc) is 2.72. The van der Waals surface area contributed by atoms with Gasteiger partial charge in [0.2, 0.25) is 0 Å². The van der Waals surface area contributed by atoms with Gasteiger partial charge in [0.15, 0.2) is 0 Å². The monoisotopic (exact) mass is 252 g/mol. The lowest BCUT2D eigenvalue weighted by atomic mass is 9.79. The van der Waals surface area contributed by atoms with Gasteiger partial charge in [0.05, 0.1) is 11.8 Å². The van der Waals surface area contributed by atoms with Crippen molar-refractivity contribution in [3.8, 4) is 0 Å². The highest BCUT2D eigenvalue weighted by atomic mass is 16.5. The van der Waals surface area contributed by atoms with Crippen molar-refractivity contribution in [3.05, 3.63) is 17.5 Å². The van der Waals surface area contributed by atoms with Crippen LogP contribution in [0.25, 0.3) is 0 Å². The number of carbonyl (C=O) groups is 1. The SMILES string of the molecule is Cc1oncc1C(=O)NCC1(O)CCCC(C)C1. The second-order valence-electron chi connectivity index (χ2n) is 5.40. The number of aromatic nitrogens is 1. The van der Waals surface area contributed by atoms with Gasteiger partial charge in [-0.25, -0.2) is 0 Å². The molecule has 2 atom stereocenters. The van der Waals surface area contributed by atoms with Crippen LogP contribution in [0, 0.1) is 12.8 Å². The Morgan fingerprint density at radius 3 is 3.11 bits per heavy atom. The Morgan fingerprint density at radius 1 is 1.72 bits per heavy atom. The van der Waals surface area contributed by atoms with Crippen LogP contribution in [0.5, 0.6) is 0 Å². The van der Waals surface area contributed by atoms with Crippen LogP contribution in [0.1, 0.15) is 48.7 Å². The van der Waals surface area contributed by atoms with E-state index in [0.717, 1.165) is 25.7 Å². The first kappa shape index (κ1) is 13.1. The number of carbonyl (C=O) groups excluding carboxylic acids is 1. The van der Waals surface area contributed by atoms with Crippen LogP contribution in [0.2, 0.25) is 0 Å². The lowest BCUT2D eigenvalue weighted by Gasteiger charge is -2.35. The van der Waals surface area contributed by atoms with Crippen LogP contribution in [-0.4, -0.2) is 28.3 Å². The van der Waals surface area contributed by atoms with Crippen molar-refractivity contribution in [1.82, 2.24) is 10.5 Å². The standard InChI is InChI=1S/C13H20N2O3/c1-9-4-3-5-13(17,6-9)8-14-12(16)11-7-15-18-10(11)2/h7,9,17H,3-6,8H2,1-2H3,(H,14,16). The number of rotatable bonds is 3. The maximum Gasteiger partial charge on any atom is 0.256 e. The van der Waals surface area contributed by atoms with E-state index in [4.69, 9.17) is 4.52 Å². The van der Waals surface area contributed by atoms with Crippen molar-refractivity contribution in [2.24, 2.45) is 5.92 Å². The number of hydrogen-bond acceptors (Lipinski definition) is 4. The largest absolute Gasteiger partial charge is 0.388 e. The van der Waals surface area contributed by atoms with Crippen molar-refractivity contribution in [2.45, 2.75) is 45.1 Å². The Labute approximate surface area is 107 Å². The highest BCUT2D eigenvalue weighted by Crippen LogP contribution is 2.31. The number of aryl methyl sites for hydroxylation is 1. The van der Waals surface area contributed by atoms with Crippen LogP contribution in [0.15, 0.2) is 10.7 Å². The minimum absolute atomic E-state index is 0.236. The zero-order chi connectivity index (χ0) is 13.2. The molecular formula is C13H20N2O3. The maximum atomic E-state index is 11.9. The van der Waals surface area contributed by atoms with E-state index in [1.54, 1.807) is 6.92 Å². The zero-order valence-electron chi connectivity index (χ0n) is 10.9. The lowest BCUT2D eigenvalue weighted by molar-refractivity contribution is -0.0109. The molecule has 1 heterocycles. The molecule has 0 spiro atoms. The molecule has 1 aliphatic rings. The van der Waals surface area contributed by atoms with Crippen LogP contribution < -0.4 is 5.32 Å². The minimum Gasteiger partial charge on any atom is -0.388 e. The van der Waals surface area contributed by atoms with E-state index in [1.165, 1.54) is 6.20 Å². The number of nitrogens with one attached hydrogen (secondary N) is 1. The summed E-state index contributed by atoms with van der Waals surface area (Å²) < 4.78 is 4.85. The third-order valence-corrected chi connectivity index (χ3v) is 3.64. The number of aliphatic hydroxyl groups is 1. The molecule has 0 radical (unpaired) electrons. The van der Waals surface area contributed by atoms with Gasteiger partial charge in [-0.05, 0) is 25.7 Å². The van der Waals surface area contributed by atoms with E-state index in [1.807, 2.05) is 0 Å². The molecule has 0 aromatic carbocycles. The van der Waals surface area contributed by atoms with Crippen molar-refractivity contribution < 1.29 is 14.4 Å². The Kier molecular flexibility index (Phi) is 3.71. The van der Waals surface area contributed by atoms with Gasteiger partial charge in [0, 0.05) is 6.54 Å². The Hall–Kier alpha value is -1.36. The van der Waals surface area contributed by atoms with Crippen LogP contribution >= 0.6 is 0 Å². The summed E-state index contributed by atoms with van der Waals surface area (Å²) in [5.41, 5.74) is -0.333. The zero-order valence-corrected chi connectivity index (χ0v) is 10.9. The van der Waals surface area contributed by atoms with E-state index < -0.39 is 5.60 Å². The smallest absolute Gasteiger partial charge is 0.256 e. The molecule has 100 valence electrons. The molecule has 2 N–H and O–H groups in total. The van der Waals surface area contributed by atoms with Gasteiger partial charge in [-0.15, -0.1) is 0 Å². The van der Waals surface area contributed by atoms with Crippen LogP contribution in [0.4, 0.5) is 0 Å². The average molecular weight is 252 g/mol. The minimum atomic E-state index is -0.765. The highest BCUT2D eigenvalue weighted by Gasteiger charge is 2.33. The van der Waals surface area contributed by atoms with E-state index in [2.05, 4.69) is 17.4 Å². The van der Waals surface area contributed by atoms with Gasteiger partial charge in [-0.2, -0.15) is 0 Å². The fourth-order valence-electron chi connectivity index (χ4n) is 2.65. The first-order valence-electron chi connectivity index (χ1n) is 6.42. The third-order valence-electron chi connectivity index (χ3n) is 3.64. The predicted octanol–water partition coefficient (Wildman–Crippen LogP) is 1.65. The number of hydrogen-bond donors (Lipinski definition) is 2. The normalized spacial score (nSPS) is 28.1. The van der Waals surface area contributed by atoms with E-state index in [9.17, 15) is 9.90 Å². The molecular weight excluding hydrogens is 232 g/mol. The Bertz CT molecular complexity index is 430. The van der Waals surface area contributed by atoms with Gasteiger partial charge in [-0.1, -0.05) is 24.9 Å². The summed E-state index contributed by atoms with van der Waals surface area (Å²) >= 11 is 0. The maximum absolute atomic E-state index is 11.9. The van der Waals surface area contributed by atoms with E-state index in [0.29, 0.717) is 23.8 Å². The molecule has 0 bridgehead atoms. The molecule has 0 saturated heterocycles. The lowest BCUT2D eigenvalue weighted by Crippen LogP contribution is -2.45. The molecule has 2 rings (SSSR count). The van der Waals surface area contributed by atoms with Crippen molar-refractivity contribution >= 4 is 5.91 Å². The quantitative estimate of drug-likeness (QED) is 0.857. The molecule has 1 aliphatic carbocycles. The van der Waals surface area contributed by atoms with Crippen LogP contribution in [0.3, 0.4) is 0 Å². The molecule has 1 amide bonds. The van der Waals surface area contributed by atoms with Gasteiger partial charge >= 0.3 is 0 Å². The summed E-state index contributed by atoms with van der Waals surface area (Å²) in [6.07, 6.45) is 5.06. The summed E-state index contributed by atoms with van der Waals surface area (Å²) in [6, 6.07) is 0. The Balaban J connectivity index is 1.91. The molecule has 5 heteroatoms. The summed E-state index contributed by atoms with van der Waals surface area (Å²) in [4.78, 5) is 11.9. The number of nitrogens with zero attached hydrogens (tertiary/aromatic N) is 1. The topological polar surface area (TPSA) is 75.4 Å². The van der Waals surface area contributed by atoms with Gasteiger partial charge < -0.3 is 14.9 Å². The van der Waals surface area contributed by atoms with Crippen molar-refractivity contribution in [1.29, 1.82) is 0 Å². The first-order chi connectivity index (χ1) is 8.50. The van der Waals surface area contributed by atoms with Crippen molar-refractivity contribution in [2.75, 3.05) is 6.54 Å². The van der Waals surface area contributed by atoms with Crippen LogP contribution in [-0.2, 0) is 0 Å². The summed E-state index contributed by atoms with van der Waals surface area (Å²) in [7, 11) is 0. The second kappa shape index (κ2) is 5.10. The Morgan fingerprint density at radius 2 is 2.50 bits per heavy atom. The third kappa shape index (κ3) is 2.90. The molecule has 18 heavy (non-hydrogen) atoms. The predicted molar refractivity (Wildman–Crippen MR) is 66.2 cm³/mol. The molecule has 1 aromatic rings. The molecule has 1 aromatic heterocycles. The molecule has 0 aliphatic heterocycles. The second-order valence-corrected chi connectivity index (χ2v) is 5.40. The first-order valence-corrected chi connectivity index (χ1v) is 6.42.